The summed E-state index contributed by atoms with van der Waals surface area (Å²) in [6, 6.07) is 8.31. The van der Waals surface area contributed by atoms with Crippen LogP contribution in [0.5, 0.6) is 0 Å². The van der Waals surface area contributed by atoms with Gasteiger partial charge in [-0.3, -0.25) is 9.98 Å². The Morgan fingerprint density at radius 3 is 1.67 bits per heavy atom. The third-order valence-electron chi connectivity index (χ3n) is 2.55. The Morgan fingerprint density at radius 2 is 1.33 bits per heavy atom. The van der Waals surface area contributed by atoms with E-state index in [2.05, 4.69) is 58.9 Å². The van der Waals surface area contributed by atoms with Gasteiger partial charge in [-0.15, -0.1) is 22.7 Å². The fourth-order valence-corrected chi connectivity index (χ4v) is 2.95. The number of hydrogen-bond acceptors (Lipinski definition) is 4. The first-order chi connectivity index (χ1) is 8.77. The smallest absolute Gasteiger partial charge is 0.0589 e. The summed E-state index contributed by atoms with van der Waals surface area (Å²) in [5, 5.41) is 4.15. The van der Waals surface area contributed by atoms with Gasteiger partial charge in [0.15, 0.2) is 0 Å². The molecule has 0 amide bonds. The van der Waals surface area contributed by atoms with Crippen LogP contribution in [0.3, 0.4) is 0 Å². The van der Waals surface area contributed by atoms with Gasteiger partial charge in [-0.1, -0.05) is 12.1 Å². The summed E-state index contributed by atoms with van der Waals surface area (Å²) in [6.07, 6.45) is 0. The van der Waals surface area contributed by atoms with Crippen LogP contribution in [0.2, 0.25) is 0 Å². The molecule has 4 heteroatoms. The summed E-state index contributed by atoms with van der Waals surface area (Å²) in [6.45, 7) is 5.63. The highest BCUT2D eigenvalue weighted by Gasteiger charge is 1.98. The van der Waals surface area contributed by atoms with E-state index in [4.69, 9.17) is 0 Å². The van der Waals surface area contributed by atoms with Crippen LogP contribution in [0, 0.1) is 0 Å². The van der Waals surface area contributed by atoms with E-state index >= 15 is 0 Å². The molecule has 2 heterocycles. The molecule has 0 N–H and O–H groups in total. The Bertz CT molecular complexity index is 472. The molecule has 0 aromatic carbocycles. The molecule has 0 saturated heterocycles. The Labute approximate surface area is 116 Å². The van der Waals surface area contributed by atoms with Crippen LogP contribution in [0.1, 0.15) is 23.6 Å². The maximum Gasteiger partial charge on any atom is 0.0589 e. The third kappa shape index (κ3) is 3.62. The fourth-order valence-electron chi connectivity index (χ4n) is 1.56. The first-order valence-electron chi connectivity index (χ1n) is 5.87. The molecule has 0 spiro atoms. The fraction of sp³-hybridized carbons (Fsp3) is 0.286. The number of nitrogens with zero attached hydrogens (tertiary/aromatic N) is 2. The number of thiophene rings is 2. The average Bonchev–Trinajstić information content (AvgIpc) is 3.05. The minimum atomic E-state index is 0.756. The van der Waals surface area contributed by atoms with Crippen LogP contribution < -0.4 is 0 Å². The number of rotatable bonds is 5. The second-order valence-corrected chi connectivity index (χ2v) is 5.78. The summed E-state index contributed by atoms with van der Waals surface area (Å²) >= 11 is 3.46. The normalized spacial score (nSPS) is 13.0. The molecule has 0 aliphatic rings. The molecule has 0 atom stereocenters. The zero-order valence-corrected chi connectivity index (χ0v) is 12.2. The zero-order valence-electron chi connectivity index (χ0n) is 10.6. The Hall–Kier alpha value is -1.26. The van der Waals surface area contributed by atoms with Crippen LogP contribution >= 0.6 is 22.7 Å². The Morgan fingerprint density at radius 1 is 0.889 bits per heavy atom. The van der Waals surface area contributed by atoms with Crippen molar-refractivity contribution in [3.63, 3.8) is 0 Å². The average molecular weight is 276 g/mol. The first kappa shape index (κ1) is 13.2. The molecule has 0 bridgehead atoms. The van der Waals surface area contributed by atoms with Crippen molar-refractivity contribution in [2.75, 3.05) is 13.1 Å². The van der Waals surface area contributed by atoms with Crippen molar-refractivity contribution in [1.82, 2.24) is 0 Å². The van der Waals surface area contributed by atoms with Gasteiger partial charge in [-0.25, -0.2) is 0 Å². The van der Waals surface area contributed by atoms with E-state index in [0.29, 0.717) is 0 Å². The van der Waals surface area contributed by atoms with Crippen molar-refractivity contribution >= 4 is 34.1 Å². The quantitative estimate of drug-likeness (QED) is 0.579. The maximum atomic E-state index is 4.54. The van der Waals surface area contributed by atoms with Crippen molar-refractivity contribution in [3.05, 3.63) is 44.8 Å². The molecule has 0 unspecified atom stereocenters. The Kier molecular flexibility index (Phi) is 4.84. The van der Waals surface area contributed by atoms with E-state index in [1.807, 2.05) is 0 Å². The maximum absolute atomic E-state index is 4.54. The lowest BCUT2D eigenvalue weighted by atomic mass is 10.3. The highest BCUT2D eigenvalue weighted by Crippen LogP contribution is 2.10. The molecule has 2 aromatic heterocycles. The standard InChI is InChI=1S/C14H16N2S2/c1-11(13-5-3-9-17-13)15-7-8-16-12(2)14-6-4-10-18-14/h3-6,9-10H,7-8H2,1-2H3. The largest absolute Gasteiger partial charge is 0.287 e. The van der Waals surface area contributed by atoms with Gasteiger partial charge in [-0.05, 0) is 36.7 Å². The summed E-state index contributed by atoms with van der Waals surface area (Å²) in [5.41, 5.74) is 2.21. The lowest BCUT2D eigenvalue weighted by molar-refractivity contribution is 0.974. The van der Waals surface area contributed by atoms with Gasteiger partial charge in [0.05, 0.1) is 13.1 Å². The highest BCUT2D eigenvalue weighted by molar-refractivity contribution is 7.12. The van der Waals surface area contributed by atoms with Gasteiger partial charge >= 0.3 is 0 Å². The van der Waals surface area contributed by atoms with Gasteiger partial charge in [0.1, 0.15) is 0 Å². The van der Waals surface area contributed by atoms with E-state index in [1.54, 1.807) is 22.7 Å². The Balaban J connectivity index is 1.86. The number of hydrogen-bond donors (Lipinski definition) is 0. The molecule has 0 aliphatic carbocycles. The minimum absolute atomic E-state index is 0.756. The lowest BCUT2D eigenvalue weighted by Crippen LogP contribution is -1.98. The van der Waals surface area contributed by atoms with E-state index in [1.165, 1.54) is 9.75 Å². The molecule has 0 radical (unpaired) electrons. The molecule has 0 saturated carbocycles. The molecule has 0 fully saturated rings. The van der Waals surface area contributed by atoms with E-state index in [-0.39, 0.29) is 0 Å². The van der Waals surface area contributed by atoms with Gasteiger partial charge in [-0.2, -0.15) is 0 Å². The van der Waals surface area contributed by atoms with Crippen molar-refractivity contribution in [1.29, 1.82) is 0 Å². The number of aliphatic imine (C=N–C) groups is 2. The molecule has 94 valence electrons. The molecule has 2 nitrogen and oxygen atoms in total. The van der Waals surface area contributed by atoms with E-state index < -0.39 is 0 Å². The second kappa shape index (κ2) is 6.61. The van der Waals surface area contributed by atoms with Gasteiger partial charge < -0.3 is 0 Å². The SMILES string of the molecule is CC(=NCCN=C(C)c1cccs1)c1cccs1. The van der Waals surface area contributed by atoms with Crippen LogP contribution in [0.4, 0.5) is 0 Å². The minimum Gasteiger partial charge on any atom is -0.287 e. The topological polar surface area (TPSA) is 24.7 Å². The van der Waals surface area contributed by atoms with Crippen molar-refractivity contribution in [2.24, 2.45) is 9.98 Å². The van der Waals surface area contributed by atoms with E-state index in [0.717, 1.165) is 24.5 Å². The second-order valence-electron chi connectivity index (χ2n) is 3.89. The van der Waals surface area contributed by atoms with Crippen molar-refractivity contribution in [2.45, 2.75) is 13.8 Å². The van der Waals surface area contributed by atoms with Gasteiger partial charge in [0.25, 0.3) is 0 Å². The first-order valence-corrected chi connectivity index (χ1v) is 7.63. The van der Waals surface area contributed by atoms with Gasteiger partial charge in [0, 0.05) is 21.2 Å². The van der Waals surface area contributed by atoms with E-state index in [9.17, 15) is 0 Å². The molecule has 2 rings (SSSR count). The molecular weight excluding hydrogens is 260 g/mol. The predicted molar refractivity (Wildman–Crippen MR) is 82.8 cm³/mol. The summed E-state index contributed by atoms with van der Waals surface area (Å²) in [4.78, 5) is 11.6. The zero-order chi connectivity index (χ0) is 12.8. The van der Waals surface area contributed by atoms with Crippen LogP contribution in [0.15, 0.2) is 45.0 Å². The molecule has 18 heavy (non-hydrogen) atoms. The van der Waals surface area contributed by atoms with Crippen molar-refractivity contribution in [3.8, 4) is 0 Å². The van der Waals surface area contributed by atoms with Crippen molar-refractivity contribution < 1.29 is 0 Å². The van der Waals surface area contributed by atoms with Crippen LogP contribution in [0.25, 0.3) is 0 Å². The third-order valence-corrected chi connectivity index (χ3v) is 4.51. The van der Waals surface area contributed by atoms with Crippen LogP contribution in [-0.2, 0) is 0 Å². The summed E-state index contributed by atoms with van der Waals surface area (Å²) in [7, 11) is 0. The predicted octanol–water partition coefficient (Wildman–Crippen LogP) is 4.13. The summed E-state index contributed by atoms with van der Waals surface area (Å²) < 4.78 is 0. The molecular formula is C14H16N2S2. The highest BCUT2D eigenvalue weighted by atomic mass is 32.1. The molecule has 0 aliphatic heterocycles. The van der Waals surface area contributed by atoms with Gasteiger partial charge in [0.2, 0.25) is 0 Å². The monoisotopic (exact) mass is 276 g/mol. The lowest BCUT2D eigenvalue weighted by Gasteiger charge is -1.98. The summed E-state index contributed by atoms with van der Waals surface area (Å²) in [5.74, 6) is 0. The molecule has 2 aromatic rings. The van der Waals surface area contributed by atoms with Crippen LogP contribution in [-0.4, -0.2) is 24.5 Å².